The summed E-state index contributed by atoms with van der Waals surface area (Å²) in [6.07, 6.45) is -3.06. The second-order valence-electron chi connectivity index (χ2n) is 10.0. The van der Waals surface area contributed by atoms with E-state index in [4.69, 9.17) is 30.0 Å². The zero-order valence-corrected chi connectivity index (χ0v) is 23.0. The molecule has 0 spiro atoms. The summed E-state index contributed by atoms with van der Waals surface area (Å²) in [5.74, 6) is 0.00325. The zero-order chi connectivity index (χ0) is 29.8. The van der Waals surface area contributed by atoms with Crippen LogP contribution >= 0.6 is 7.82 Å². The lowest BCUT2D eigenvalue weighted by Crippen LogP contribution is -2.37. The summed E-state index contributed by atoms with van der Waals surface area (Å²) < 4.78 is 38.7. The molecule has 0 aromatic carbocycles. The summed E-state index contributed by atoms with van der Waals surface area (Å²) in [6, 6.07) is 0. The first-order chi connectivity index (χ1) is 20.0. The molecule has 4 aromatic heterocycles. The molecule has 0 amide bonds. The predicted octanol–water partition coefficient (Wildman–Crippen LogP) is -0.667. The molecule has 226 valence electrons. The van der Waals surface area contributed by atoms with Crippen LogP contribution in [0.3, 0.4) is 0 Å². The van der Waals surface area contributed by atoms with Crippen LogP contribution in [0.1, 0.15) is 38.6 Å². The number of ether oxygens (including phenoxy) is 2. The Labute approximate surface area is 236 Å². The number of hydrogen-bond donors (Lipinski definition) is 6. The fourth-order valence-electron chi connectivity index (χ4n) is 5.19. The molecule has 2 fully saturated rings. The van der Waals surface area contributed by atoms with E-state index in [1.54, 1.807) is 11.5 Å². The number of anilines is 2. The van der Waals surface area contributed by atoms with Crippen molar-refractivity contribution in [3.8, 4) is 0 Å². The number of aromatic amines is 1. The molecule has 2 saturated heterocycles. The number of aliphatic hydroxyl groups excluding tert-OH is 2. The Morgan fingerprint density at radius 3 is 2.74 bits per heavy atom. The Hall–Kier alpha value is -3.55. The van der Waals surface area contributed by atoms with Gasteiger partial charge in [-0.3, -0.25) is 28.0 Å². The largest absolute Gasteiger partial charge is 0.472 e. The second-order valence-corrected chi connectivity index (χ2v) is 11.4. The van der Waals surface area contributed by atoms with Crippen LogP contribution in [0.2, 0.25) is 0 Å². The van der Waals surface area contributed by atoms with E-state index in [0.29, 0.717) is 17.6 Å². The molecular weight excluding hydrogens is 579 g/mol. The van der Waals surface area contributed by atoms with Crippen molar-refractivity contribution in [2.75, 3.05) is 18.1 Å². The van der Waals surface area contributed by atoms with E-state index in [0.717, 1.165) is 0 Å². The minimum absolute atomic E-state index is 0.0256. The number of aliphatic hydroxyl groups is 2. The summed E-state index contributed by atoms with van der Waals surface area (Å²) in [7, 11) is -4.89. The highest BCUT2D eigenvalue weighted by Gasteiger charge is 2.49. The van der Waals surface area contributed by atoms with Gasteiger partial charge < -0.3 is 36.0 Å². The number of imidazole rings is 2. The number of H-pyrrole nitrogens is 1. The van der Waals surface area contributed by atoms with E-state index in [-0.39, 0.29) is 35.8 Å². The van der Waals surface area contributed by atoms with Crippen LogP contribution < -0.4 is 17.0 Å². The second kappa shape index (κ2) is 10.9. The highest BCUT2D eigenvalue weighted by Crippen LogP contribution is 2.50. The van der Waals surface area contributed by atoms with Gasteiger partial charge in [0.2, 0.25) is 5.95 Å². The van der Waals surface area contributed by atoms with E-state index < -0.39 is 63.0 Å². The fourth-order valence-corrected chi connectivity index (χ4v) is 6.12. The smallest absolute Gasteiger partial charge is 0.390 e. The summed E-state index contributed by atoms with van der Waals surface area (Å²) in [5.41, 5.74) is 11.7. The minimum Gasteiger partial charge on any atom is -0.390 e. The molecule has 20 heteroatoms. The molecule has 0 saturated carbocycles. The predicted molar refractivity (Wildman–Crippen MR) is 142 cm³/mol. The van der Waals surface area contributed by atoms with Gasteiger partial charge in [-0.25, -0.2) is 24.5 Å². The van der Waals surface area contributed by atoms with Crippen LogP contribution in [-0.2, 0) is 23.1 Å². The minimum atomic E-state index is -4.89. The Morgan fingerprint density at radius 2 is 1.93 bits per heavy atom. The number of fused-ring (bicyclic) bond motifs is 4. The van der Waals surface area contributed by atoms with Crippen molar-refractivity contribution < 1.29 is 38.2 Å². The van der Waals surface area contributed by atoms with Crippen molar-refractivity contribution in [2.24, 2.45) is 0 Å². The topological polar surface area (TPSA) is 274 Å². The SMILES string of the molecule is C[C@@H](O[C@@H]1COP(=O)(O)O[C@@H]2[C@H](O)[C@@H](CCC[C@H]1O)O[C@H]2n1cnc2c(=O)[nH]c(N)nc21)n1cnc2c(N)ncnc21. The van der Waals surface area contributed by atoms with Gasteiger partial charge in [0.1, 0.15) is 36.4 Å². The van der Waals surface area contributed by atoms with Crippen molar-refractivity contribution in [1.82, 2.24) is 39.0 Å². The van der Waals surface area contributed by atoms with Gasteiger partial charge in [-0.1, -0.05) is 0 Å². The number of nitrogen functional groups attached to an aromatic ring is 2. The third kappa shape index (κ3) is 5.25. The van der Waals surface area contributed by atoms with Gasteiger partial charge in [-0.15, -0.1) is 0 Å². The van der Waals surface area contributed by atoms with Crippen molar-refractivity contribution >= 4 is 41.9 Å². The van der Waals surface area contributed by atoms with Gasteiger partial charge >= 0.3 is 7.82 Å². The molecule has 19 nitrogen and oxygen atoms in total. The standard InChI is InChI=1S/C22H29N10O9P/c1-9(31-7-27-13-17(23)25-6-26-18(13)31)39-12-5-38-42(36,37)41-16-15(34)11(4-2-3-10(12)33)40-21(16)32-8-28-14-19(32)29-22(24)30-20(14)35/h6-12,15-16,21,33-34H,2-5H2,1H3,(H,36,37)(H2,23,25,26)(H3,24,29,30,35)/t9-,10-,11-,12-,15-,16-,21-/m1/s1. The molecule has 8 N–H and O–H groups in total. The third-order valence-electron chi connectivity index (χ3n) is 7.26. The molecular formula is C22H29N10O9P. The Morgan fingerprint density at radius 1 is 1.14 bits per heavy atom. The van der Waals surface area contributed by atoms with Gasteiger partial charge in [0.05, 0.1) is 31.5 Å². The summed E-state index contributed by atoms with van der Waals surface area (Å²) in [6.45, 7) is 1.13. The summed E-state index contributed by atoms with van der Waals surface area (Å²) in [4.78, 5) is 45.7. The maximum absolute atomic E-state index is 13.1. The number of phosphoric ester groups is 1. The third-order valence-corrected chi connectivity index (χ3v) is 8.25. The number of nitrogens with one attached hydrogen (secondary N) is 1. The summed E-state index contributed by atoms with van der Waals surface area (Å²) >= 11 is 0. The summed E-state index contributed by atoms with van der Waals surface area (Å²) in [5, 5.41) is 22.0. The number of phosphoric acid groups is 1. The number of nitrogens with two attached hydrogens (primary N) is 2. The van der Waals surface area contributed by atoms with Crippen molar-refractivity contribution in [1.29, 1.82) is 0 Å². The quantitative estimate of drug-likeness (QED) is 0.157. The van der Waals surface area contributed by atoms with Gasteiger partial charge in [0.25, 0.3) is 5.56 Å². The lowest BCUT2D eigenvalue weighted by atomic mass is 10.0. The first kappa shape index (κ1) is 28.6. The van der Waals surface area contributed by atoms with Crippen LogP contribution in [-0.4, -0.2) is 91.3 Å². The molecule has 4 aromatic rings. The van der Waals surface area contributed by atoms with Crippen LogP contribution in [0.25, 0.3) is 22.3 Å². The molecule has 0 radical (unpaired) electrons. The van der Waals surface area contributed by atoms with Gasteiger partial charge in [0, 0.05) is 0 Å². The van der Waals surface area contributed by atoms with Crippen LogP contribution in [0.5, 0.6) is 0 Å². The van der Waals surface area contributed by atoms with E-state index in [2.05, 4.69) is 29.9 Å². The van der Waals surface area contributed by atoms with E-state index in [1.807, 2.05) is 0 Å². The average molecular weight is 609 g/mol. The van der Waals surface area contributed by atoms with Gasteiger partial charge in [0.15, 0.2) is 28.9 Å². The maximum Gasteiger partial charge on any atom is 0.472 e. The first-order valence-corrected chi connectivity index (χ1v) is 14.5. The molecule has 8 atom stereocenters. The van der Waals surface area contributed by atoms with Crippen LogP contribution in [0, 0.1) is 0 Å². The van der Waals surface area contributed by atoms with Gasteiger partial charge in [-0.2, -0.15) is 4.98 Å². The first-order valence-electron chi connectivity index (χ1n) is 13.0. The number of rotatable bonds is 4. The fraction of sp³-hybridized carbons (Fsp3) is 0.545. The Bertz CT molecular complexity index is 1710. The molecule has 1 unspecified atom stereocenters. The molecule has 2 bridgehead atoms. The lowest BCUT2D eigenvalue weighted by Gasteiger charge is -2.29. The van der Waals surface area contributed by atoms with Crippen molar-refractivity contribution in [2.45, 2.75) is 69.2 Å². The lowest BCUT2D eigenvalue weighted by molar-refractivity contribution is -0.118. The van der Waals surface area contributed by atoms with Gasteiger partial charge in [-0.05, 0) is 26.2 Å². The zero-order valence-electron chi connectivity index (χ0n) is 22.1. The molecule has 42 heavy (non-hydrogen) atoms. The van der Waals surface area contributed by atoms with E-state index in [1.165, 1.54) is 23.5 Å². The number of aromatic nitrogens is 8. The molecule has 6 heterocycles. The average Bonchev–Trinajstić information content (AvgIpc) is 3.63. The van der Waals surface area contributed by atoms with E-state index in [9.17, 15) is 24.5 Å². The Balaban J connectivity index is 1.25. The molecule has 0 aliphatic carbocycles. The molecule has 2 aliphatic heterocycles. The van der Waals surface area contributed by atoms with Crippen LogP contribution in [0.4, 0.5) is 11.8 Å². The molecule has 6 rings (SSSR count). The van der Waals surface area contributed by atoms with Crippen molar-refractivity contribution in [3.63, 3.8) is 0 Å². The van der Waals surface area contributed by atoms with Crippen LogP contribution in [0.15, 0.2) is 23.8 Å². The highest BCUT2D eigenvalue weighted by atomic mass is 31.2. The number of nitrogens with zero attached hydrogens (tertiary/aromatic N) is 7. The number of hydrogen-bond acceptors (Lipinski definition) is 15. The molecule has 2 aliphatic rings. The maximum atomic E-state index is 13.1. The normalized spacial score (nSPS) is 31.6. The monoisotopic (exact) mass is 608 g/mol. The Kier molecular flexibility index (Phi) is 7.44. The highest BCUT2D eigenvalue weighted by molar-refractivity contribution is 7.47. The van der Waals surface area contributed by atoms with E-state index >= 15 is 0 Å². The van der Waals surface area contributed by atoms with Crippen molar-refractivity contribution in [3.05, 3.63) is 29.3 Å².